The molecule has 0 bridgehead atoms. The topological polar surface area (TPSA) is 52.7 Å². The molecule has 7 heteroatoms. The summed E-state index contributed by atoms with van der Waals surface area (Å²) in [6.07, 6.45) is 0. The highest BCUT2D eigenvalue weighted by atomic mass is 32.2. The Bertz CT molecular complexity index is 585. The first-order valence-corrected chi connectivity index (χ1v) is 9.49. The zero-order valence-electron chi connectivity index (χ0n) is 13.4. The van der Waals surface area contributed by atoms with Crippen LogP contribution in [0.25, 0.3) is 0 Å². The molecule has 1 N–H and O–H groups in total. The van der Waals surface area contributed by atoms with Gasteiger partial charge in [0.25, 0.3) is 10.0 Å². The van der Waals surface area contributed by atoms with Gasteiger partial charge in [-0.15, -0.1) is 11.3 Å². The van der Waals surface area contributed by atoms with Crippen LogP contribution in [0.1, 0.15) is 24.3 Å². The van der Waals surface area contributed by atoms with Gasteiger partial charge in [0.2, 0.25) is 0 Å². The predicted octanol–water partition coefficient (Wildman–Crippen LogP) is 1.49. The summed E-state index contributed by atoms with van der Waals surface area (Å²) >= 11 is 1.38. The summed E-state index contributed by atoms with van der Waals surface area (Å²) in [5.41, 5.74) is 1.04. The minimum absolute atomic E-state index is 0.237. The van der Waals surface area contributed by atoms with Crippen molar-refractivity contribution in [3.05, 3.63) is 16.5 Å². The molecule has 0 spiro atoms. The first-order valence-electron chi connectivity index (χ1n) is 7.23. The fourth-order valence-electron chi connectivity index (χ4n) is 2.63. The fourth-order valence-corrected chi connectivity index (χ4v) is 5.99. The van der Waals surface area contributed by atoms with Gasteiger partial charge in [-0.2, -0.15) is 4.31 Å². The van der Waals surface area contributed by atoms with Crippen molar-refractivity contribution in [2.24, 2.45) is 0 Å². The van der Waals surface area contributed by atoms with Gasteiger partial charge in [-0.05, 0) is 46.5 Å². The largest absolute Gasteiger partial charge is 0.315 e. The number of rotatable bonds is 4. The molecule has 1 saturated heterocycles. The average Bonchev–Trinajstić information content (AvgIpc) is 2.78. The van der Waals surface area contributed by atoms with Crippen molar-refractivity contribution in [2.45, 2.75) is 43.6 Å². The van der Waals surface area contributed by atoms with Gasteiger partial charge in [0.05, 0.1) is 0 Å². The Balaban J connectivity index is 2.28. The van der Waals surface area contributed by atoms with Crippen molar-refractivity contribution in [1.29, 1.82) is 0 Å². The highest BCUT2D eigenvalue weighted by molar-refractivity contribution is 7.91. The smallest absolute Gasteiger partial charge is 0.252 e. The second-order valence-electron chi connectivity index (χ2n) is 5.89. The number of piperazine rings is 1. The van der Waals surface area contributed by atoms with Crippen LogP contribution < -0.4 is 5.32 Å². The van der Waals surface area contributed by atoms with E-state index in [0.717, 1.165) is 10.4 Å². The van der Waals surface area contributed by atoms with Crippen molar-refractivity contribution in [3.63, 3.8) is 0 Å². The van der Waals surface area contributed by atoms with Gasteiger partial charge in [0.15, 0.2) is 0 Å². The van der Waals surface area contributed by atoms with Crippen LogP contribution in [0.4, 0.5) is 0 Å². The van der Waals surface area contributed by atoms with E-state index >= 15 is 0 Å². The SMILES string of the molecule is CNCc1sc(S(=O)(=O)N2CC(C)N(C)C(C)C2)cc1C. The minimum atomic E-state index is -3.37. The minimum Gasteiger partial charge on any atom is -0.315 e. The Morgan fingerprint density at radius 1 is 1.33 bits per heavy atom. The first-order chi connectivity index (χ1) is 9.77. The summed E-state index contributed by atoms with van der Waals surface area (Å²) in [5.74, 6) is 0. The number of thiophene rings is 1. The molecule has 5 nitrogen and oxygen atoms in total. The van der Waals surface area contributed by atoms with E-state index in [2.05, 4.69) is 31.1 Å². The molecule has 0 saturated carbocycles. The van der Waals surface area contributed by atoms with E-state index in [-0.39, 0.29) is 12.1 Å². The van der Waals surface area contributed by atoms with E-state index in [1.54, 1.807) is 10.4 Å². The second kappa shape index (κ2) is 6.34. The van der Waals surface area contributed by atoms with Crippen LogP contribution in [0.15, 0.2) is 10.3 Å². The molecule has 2 heterocycles. The van der Waals surface area contributed by atoms with Crippen LogP contribution in [-0.2, 0) is 16.6 Å². The molecule has 21 heavy (non-hydrogen) atoms. The standard InChI is InChI=1S/C14H25N3O2S2/c1-10-6-14(20-13(10)7-15-4)21(18,19)17-8-11(2)16(5)12(3)9-17/h6,11-12,15H,7-9H2,1-5H3. The summed E-state index contributed by atoms with van der Waals surface area (Å²) < 4.78 is 27.8. The van der Waals surface area contributed by atoms with Gasteiger partial charge in [0, 0.05) is 36.6 Å². The molecule has 2 rings (SSSR count). The maximum atomic E-state index is 12.9. The molecule has 0 amide bonds. The van der Waals surface area contributed by atoms with E-state index in [1.165, 1.54) is 11.3 Å². The van der Waals surface area contributed by atoms with Crippen molar-refractivity contribution < 1.29 is 8.42 Å². The zero-order chi connectivity index (χ0) is 15.8. The molecule has 0 radical (unpaired) electrons. The van der Waals surface area contributed by atoms with Crippen LogP contribution >= 0.6 is 11.3 Å². The Morgan fingerprint density at radius 2 is 1.90 bits per heavy atom. The predicted molar refractivity (Wildman–Crippen MR) is 87.3 cm³/mol. The Morgan fingerprint density at radius 3 is 2.43 bits per heavy atom. The lowest BCUT2D eigenvalue weighted by atomic mass is 10.1. The van der Waals surface area contributed by atoms with E-state index < -0.39 is 10.0 Å². The molecule has 1 aromatic rings. The molecule has 2 atom stereocenters. The summed E-state index contributed by atoms with van der Waals surface area (Å²) in [6.45, 7) is 7.94. The molecule has 1 aliphatic heterocycles. The highest BCUT2D eigenvalue weighted by Crippen LogP contribution is 2.30. The number of hydrogen-bond acceptors (Lipinski definition) is 5. The van der Waals surface area contributed by atoms with Crippen LogP contribution in [0.2, 0.25) is 0 Å². The lowest BCUT2D eigenvalue weighted by molar-refractivity contribution is 0.105. The maximum Gasteiger partial charge on any atom is 0.252 e. The van der Waals surface area contributed by atoms with Crippen molar-refractivity contribution in [2.75, 3.05) is 27.2 Å². The third-order valence-electron chi connectivity index (χ3n) is 4.26. The Hall–Kier alpha value is -0.470. The second-order valence-corrected chi connectivity index (χ2v) is 9.19. The van der Waals surface area contributed by atoms with Crippen LogP contribution in [0.5, 0.6) is 0 Å². The first kappa shape index (κ1) is 16.9. The molecule has 1 aromatic heterocycles. The number of nitrogens with zero attached hydrogens (tertiary/aromatic N) is 2. The van der Waals surface area contributed by atoms with Crippen LogP contribution in [0.3, 0.4) is 0 Å². The third kappa shape index (κ3) is 3.32. The Kier molecular flexibility index (Phi) is 5.10. The fraction of sp³-hybridized carbons (Fsp3) is 0.714. The number of aryl methyl sites for hydroxylation is 1. The molecule has 2 unspecified atom stereocenters. The molecular weight excluding hydrogens is 306 g/mol. The van der Waals surface area contributed by atoms with Gasteiger partial charge in [-0.1, -0.05) is 0 Å². The van der Waals surface area contributed by atoms with Crippen LogP contribution in [-0.4, -0.2) is 56.9 Å². The van der Waals surface area contributed by atoms with E-state index in [1.807, 2.05) is 14.0 Å². The van der Waals surface area contributed by atoms with Gasteiger partial charge in [0.1, 0.15) is 4.21 Å². The number of hydrogen-bond donors (Lipinski definition) is 1. The molecule has 1 aliphatic rings. The summed E-state index contributed by atoms with van der Waals surface area (Å²) in [7, 11) is 0.553. The van der Waals surface area contributed by atoms with Gasteiger partial charge in [-0.25, -0.2) is 8.42 Å². The number of nitrogens with one attached hydrogen (secondary N) is 1. The highest BCUT2D eigenvalue weighted by Gasteiger charge is 2.35. The lowest BCUT2D eigenvalue weighted by Crippen LogP contribution is -2.56. The van der Waals surface area contributed by atoms with Gasteiger partial charge >= 0.3 is 0 Å². The normalized spacial score (nSPS) is 25.4. The quantitative estimate of drug-likeness (QED) is 0.908. The molecule has 1 fully saturated rings. The maximum absolute atomic E-state index is 12.9. The molecule has 120 valence electrons. The summed E-state index contributed by atoms with van der Waals surface area (Å²) in [6, 6.07) is 2.28. The van der Waals surface area contributed by atoms with Crippen molar-refractivity contribution in [3.8, 4) is 0 Å². The monoisotopic (exact) mass is 331 g/mol. The summed E-state index contributed by atoms with van der Waals surface area (Å²) in [5, 5.41) is 3.08. The third-order valence-corrected chi connectivity index (χ3v) is 7.77. The van der Waals surface area contributed by atoms with Crippen molar-refractivity contribution >= 4 is 21.4 Å². The lowest BCUT2D eigenvalue weighted by Gasteiger charge is -2.41. The van der Waals surface area contributed by atoms with Gasteiger partial charge in [-0.3, -0.25) is 4.90 Å². The number of sulfonamides is 1. The molecule has 0 aromatic carbocycles. The number of likely N-dealkylation sites (N-methyl/N-ethyl adjacent to an activating group) is 1. The zero-order valence-corrected chi connectivity index (χ0v) is 15.0. The molecular formula is C14H25N3O2S2. The van der Waals surface area contributed by atoms with Crippen LogP contribution in [0, 0.1) is 6.92 Å². The van der Waals surface area contributed by atoms with E-state index in [4.69, 9.17) is 0 Å². The van der Waals surface area contributed by atoms with Gasteiger partial charge < -0.3 is 5.32 Å². The van der Waals surface area contributed by atoms with Crippen molar-refractivity contribution in [1.82, 2.24) is 14.5 Å². The summed E-state index contributed by atoms with van der Waals surface area (Å²) in [4.78, 5) is 3.32. The molecule has 0 aliphatic carbocycles. The average molecular weight is 332 g/mol. The van der Waals surface area contributed by atoms with E-state index in [9.17, 15) is 8.42 Å². The van der Waals surface area contributed by atoms with E-state index in [0.29, 0.717) is 23.8 Å². The Labute approximate surface area is 132 Å².